The second-order valence-corrected chi connectivity index (χ2v) is 5.00. The van der Waals surface area contributed by atoms with Gasteiger partial charge in [0.05, 0.1) is 22.5 Å². The van der Waals surface area contributed by atoms with Gasteiger partial charge in [-0.05, 0) is 24.8 Å². The van der Waals surface area contributed by atoms with Crippen molar-refractivity contribution in [1.82, 2.24) is 0 Å². The zero-order valence-corrected chi connectivity index (χ0v) is 11.7. The van der Waals surface area contributed by atoms with Crippen LogP contribution >= 0.6 is 11.8 Å². The number of benzene rings is 1. The number of thioether (sulfide) groups is 1. The van der Waals surface area contributed by atoms with E-state index >= 15 is 0 Å². The van der Waals surface area contributed by atoms with Gasteiger partial charge >= 0.3 is 0 Å². The van der Waals surface area contributed by atoms with Gasteiger partial charge in [0.1, 0.15) is 0 Å². The number of aliphatic imine (C=N–C) groups is 1. The minimum Gasteiger partial charge on any atom is -0.504 e. The summed E-state index contributed by atoms with van der Waals surface area (Å²) in [4.78, 5) is 25.5. The average molecular weight is 309 g/mol. The van der Waals surface area contributed by atoms with Crippen LogP contribution in [0.1, 0.15) is 12.5 Å². The molecule has 8 nitrogen and oxygen atoms in total. The summed E-state index contributed by atoms with van der Waals surface area (Å²) in [7, 11) is 0. The van der Waals surface area contributed by atoms with Gasteiger partial charge in [-0.3, -0.25) is 14.9 Å². The van der Waals surface area contributed by atoms with Gasteiger partial charge < -0.3 is 15.6 Å². The first kappa shape index (κ1) is 14.9. The van der Waals surface area contributed by atoms with Crippen LogP contribution < -0.4 is 10.5 Å². The first-order chi connectivity index (χ1) is 9.92. The van der Waals surface area contributed by atoms with Gasteiger partial charge in [-0.15, -0.1) is 0 Å². The maximum Gasteiger partial charge on any atom is 0.286 e. The maximum absolute atomic E-state index is 11.5. The number of ether oxygens (including phenoxy) is 1. The molecule has 110 valence electrons. The van der Waals surface area contributed by atoms with Gasteiger partial charge in [-0.25, -0.2) is 0 Å². The van der Waals surface area contributed by atoms with Crippen molar-refractivity contribution in [2.75, 3.05) is 6.61 Å². The van der Waals surface area contributed by atoms with Crippen LogP contribution in [0, 0.1) is 10.1 Å². The summed E-state index contributed by atoms with van der Waals surface area (Å²) in [6.45, 7) is 1.91. The van der Waals surface area contributed by atoms with E-state index in [1.54, 1.807) is 6.92 Å². The number of hydrogen-bond acceptors (Lipinski definition) is 7. The Morgan fingerprint density at radius 3 is 2.81 bits per heavy atom. The molecule has 21 heavy (non-hydrogen) atoms. The normalized spacial score (nSPS) is 16.1. The predicted octanol–water partition coefficient (Wildman–Crippen LogP) is 1.63. The third-order valence-corrected chi connectivity index (χ3v) is 3.34. The van der Waals surface area contributed by atoms with Crippen LogP contribution in [0.2, 0.25) is 0 Å². The molecule has 0 bridgehead atoms. The molecule has 0 radical (unpaired) electrons. The van der Waals surface area contributed by atoms with E-state index in [9.17, 15) is 20.0 Å². The van der Waals surface area contributed by atoms with Crippen LogP contribution in [0.4, 0.5) is 5.69 Å². The third-order valence-electron chi connectivity index (χ3n) is 2.52. The molecule has 1 aliphatic rings. The van der Waals surface area contributed by atoms with Crippen LogP contribution in [-0.4, -0.2) is 27.7 Å². The van der Waals surface area contributed by atoms with Gasteiger partial charge in [0.25, 0.3) is 11.6 Å². The standard InChI is InChI=1S/C12H11N3O5S/c1-2-20-8-5-7(15(18)19)3-6(10(8)16)4-9-11(17)14-12(13)21-9/h3-5,16H,2H2,1H3,(H2,13,14,17)/b9-4-. The maximum atomic E-state index is 11.5. The average Bonchev–Trinajstić information content (AvgIpc) is 2.72. The zero-order valence-electron chi connectivity index (χ0n) is 10.9. The van der Waals surface area contributed by atoms with Crippen LogP contribution in [0.25, 0.3) is 6.08 Å². The SMILES string of the molecule is CCOc1cc([N+](=O)[O-])cc(/C=C2\SC(N)=NC2=O)c1O. The lowest BCUT2D eigenvalue weighted by atomic mass is 10.1. The molecule has 2 rings (SSSR count). The number of non-ortho nitro benzene ring substituents is 1. The summed E-state index contributed by atoms with van der Waals surface area (Å²) in [5.41, 5.74) is 5.25. The Kier molecular flexibility index (Phi) is 4.13. The molecule has 1 amide bonds. The number of amides is 1. The molecule has 0 aromatic heterocycles. The number of nitro groups is 1. The van der Waals surface area contributed by atoms with Gasteiger partial charge in [-0.1, -0.05) is 0 Å². The number of amidine groups is 1. The molecular formula is C12H11N3O5S. The number of carbonyl (C=O) groups is 1. The second kappa shape index (κ2) is 5.83. The fraction of sp³-hybridized carbons (Fsp3) is 0.167. The zero-order chi connectivity index (χ0) is 15.6. The summed E-state index contributed by atoms with van der Waals surface area (Å²) in [5.74, 6) is -0.863. The lowest BCUT2D eigenvalue weighted by Crippen LogP contribution is -2.01. The summed E-state index contributed by atoms with van der Waals surface area (Å²) in [6, 6.07) is 2.27. The molecule has 0 spiro atoms. The highest BCUT2D eigenvalue weighted by Gasteiger charge is 2.22. The molecule has 0 unspecified atom stereocenters. The summed E-state index contributed by atoms with van der Waals surface area (Å²) < 4.78 is 5.15. The molecule has 1 aromatic carbocycles. The van der Waals surface area contributed by atoms with Crippen molar-refractivity contribution in [2.24, 2.45) is 10.7 Å². The number of nitro benzene ring substituents is 1. The third kappa shape index (κ3) is 3.14. The predicted molar refractivity (Wildman–Crippen MR) is 78.1 cm³/mol. The topological polar surface area (TPSA) is 128 Å². The Labute approximate surface area is 123 Å². The van der Waals surface area contributed by atoms with Gasteiger partial charge in [0.2, 0.25) is 0 Å². The highest BCUT2D eigenvalue weighted by Crippen LogP contribution is 2.37. The summed E-state index contributed by atoms with van der Waals surface area (Å²) in [6.07, 6.45) is 1.29. The van der Waals surface area contributed by atoms with Crippen molar-refractivity contribution in [3.8, 4) is 11.5 Å². The van der Waals surface area contributed by atoms with Crippen molar-refractivity contribution in [3.05, 3.63) is 32.7 Å². The molecule has 3 N–H and O–H groups in total. The number of carbonyl (C=O) groups excluding carboxylic acids is 1. The Morgan fingerprint density at radius 2 is 2.29 bits per heavy atom. The van der Waals surface area contributed by atoms with E-state index in [2.05, 4.69) is 4.99 Å². The van der Waals surface area contributed by atoms with E-state index in [0.717, 1.165) is 23.9 Å². The minimum atomic E-state index is -0.613. The first-order valence-corrected chi connectivity index (χ1v) is 6.66. The fourth-order valence-corrected chi connectivity index (χ4v) is 2.33. The van der Waals surface area contributed by atoms with Crippen LogP contribution in [0.3, 0.4) is 0 Å². The molecule has 0 atom stereocenters. The van der Waals surface area contributed by atoms with Crippen molar-refractivity contribution in [1.29, 1.82) is 0 Å². The highest BCUT2D eigenvalue weighted by molar-refractivity contribution is 8.18. The van der Waals surface area contributed by atoms with E-state index in [-0.39, 0.29) is 39.4 Å². The van der Waals surface area contributed by atoms with Crippen molar-refractivity contribution >= 4 is 34.6 Å². The smallest absolute Gasteiger partial charge is 0.286 e. The molecule has 1 heterocycles. The van der Waals surface area contributed by atoms with Crippen molar-refractivity contribution < 1.29 is 19.6 Å². The Bertz CT molecular complexity index is 684. The van der Waals surface area contributed by atoms with Gasteiger partial charge in [0, 0.05) is 11.6 Å². The molecule has 0 saturated heterocycles. The van der Waals surface area contributed by atoms with Crippen molar-refractivity contribution in [3.63, 3.8) is 0 Å². The first-order valence-electron chi connectivity index (χ1n) is 5.84. The molecular weight excluding hydrogens is 298 g/mol. The second-order valence-electron chi connectivity index (χ2n) is 3.94. The van der Waals surface area contributed by atoms with Gasteiger partial charge in [-0.2, -0.15) is 4.99 Å². The van der Waals surface area contributed by atoms with Crippen LogP contribution in [0.15, 0.2) is 22.0 Å². The Hall–Kier alpha value is -2.55. The van der Waals surface area contributed by atoms with E-state index in [1.807, 2.05) is 0 Å². The molecule has 0 saturated carbocycles. The van der Waals surface area contributed by atoms with E-state index in [0.29, 0.717) is 0 Å². The largest absolute Gasteiger partial charge is 0.504 e. The molecule has 9 heteroatoms. The number of hydrogen-bond donors (Lipinski definition) is 2. The summed E-state index contributed by atoms with van der Waals surface area (Å²) in [5, 5.41) is 21.0. The molecule has 1 aromatic rings. The quantitative estimate of drug-likeness (QED) is 0.491. The molecule has 1 aliphatic heterocycles. The number of nitrogens with two attached hydrogens (primary N) is 1. The molecule has 0 fully saturated rings. The fourth-order valence-electron chi connectivity index (χ4n) is 1.66. The minimum absolute atomic E-state index is 0.0251. The lowest BCUT2D eigenvalue weighted by Gasteiger charge is -2.08. The van der Waals surface area contributed by atoms with E-state index < -0.39 is 10.8 Å². The number of phenols is 1. The molecule has 0 aliphatic carbocycles. The van der Waals surface area contributed by atoms with Crippen LogP contribution in [0.5, 0.6) is 11.5 Å². The van der Waals surface area contributed by atoms with Crippen molar-refractivity contribution in [2.45, 2.75) is 6.92 Å². The number of nitrogens with zero attached hydrogens (tertiary/aromatic N) is 2. The van der Waals surface area contributed by atoms with E-state index in [1.165, 1.54) is 6.08 Å². The number of aromatic hydroxyl groups is 1. The number of phenolic OH excluding ortho intramolecular Hbond substituents is 1. The number of rotatable bonds is 4. The van der Waals surface area contributed by atoms with Gasteiger partial charge in [0.15, 0.2) is 16.7 Å². The Morgan fingerprint density at radius 1 is 1.57 bits per heavy atom. The highest BCUT2D eigenvalue weighted by atomic mass is 32.2. The van der Waals surface area contributed by atoms with Crippen LogP contribution in [-0.2, 0) is 4.79 Å². The lowest BCUT2D eigenvalue weighted by molar-refractivity contribution is -0.385. The monoisotopic (exact) mass is 309 g/mol. The van der Waals surface area contributed by atoms with E-state index in [4.69, 9.17) is 10.5 Å². The summed E-state index contributed by atoms with van der Waals surface area (Å²) >= 11 is 0.928. The Balaban J connectivity index is 2.50.